The number of benzene rings is 1. The number of carbonyl (C=O) groups excluding carboxylic acids is 1. The van der Waals surface area contributed by atoms with E-state index in [1.165, 1.54) is 11.3 Å². The van der Waals surface area contributed by atoms with E-state index in [0.29, 0.717) is 39.4 Å². The number of thiazole rings is 1. The molecule has 8 heteroatoms. The second-order valence-corrected chi connectivity index (χ2v) is 6.85. The van der Waals surface area contributed by atoms with Crippen molar-refractivity contribution < 1.29 is 19.0 Å². The molecule has 3 aromatic rings. The number of amides is 1. The second-order valence-electron chi connectivity index (χ2n) is 5.85. The van der Waals surface area contributed by atoms with Crippen LogP contribution in [-0.4, -0.2) is 37.2 Å². The molecule has 2 aromatic heterocycles. The minimum atomic E-state index is -0.181. The zero-order chi connectivity index (χ0) is 20.1. The van der Waals surface area contributed by atoms with Gasteiger partial charge in [0.15, 0.2) is 11.5 Å². The number of aromatic nitrogens is 2. The summed E-state index contributed by atoms with van der Waals surface area (Å²) in [5.74, 6) is 1.39. The van der Waals surface area contributed by atoms with Gasteiger partial charge >= 0.3 is 0 Å². The first-order chi connectivity index (χ1) is 13.6. The van der Waals surface area contributed by atoms with E-state index in [9.17, 15) is 4.79 Å². The second kappa shape index (κ2) is 8.71. The van der Waals surface area contributed by atoms with E-state index in [1.54, 1.807) is 27.5 Å². The minimum Gasteiger partial charge on any atom is -0.493 e. The summed E-state index contributed by atoms with van der Waals surface area (Å²) in [6.07, 6.45) is 1.70. The first-order valence-electron chi connectivity index (χ1n) is 8.53. The van der Waals surface area contributed by atoms with Crippen molar-refractivity contribution in [2.75, 3.05) is 21.3 Å². The van der Waals surface area contributed by atoms with E-state index in [2.05, 4.69) is 15.3 Å². The average molecular weight is 399 g/mol. The standard InChI is InChI=1S/C20H21N3O4S/c1-12-18(19(24)22-11-14-7-5-6-8-21-14)28-20(23-12)13-9-15(25-2)17(27-4)16(10-13)26-3/h5-10H,11H2,1-4H3,(H,22,24). The van der Waals surface area contributed by atoms with Crippen LogP contribution in [0, 0.1) is 6.92 Å². The third-order valence-electron chi connectivity index (χ3n) is 4.07. The summed E-state index contributed by atoms with van der Waals surface area (Å²) in [4.78, 5) is 21.9. The van der Waals surface area contributed by atoms with Crippen molar-refractivity contribution in [1.82, 2.24) is 15.3 Å². The van der Waals surface area contributed by atoms with Gasteiger partial charge in [0.2, 0.25) is 5.75 Å². The number of hydrogen-bond acceptors (Lipinski definition) is 7. The van der Waals surface area contributed by atoms with Gasteiger partial charge in [-0.1, -0.05) is 6.07 Å². The molecule has 0 aliphatic rings. The molecule has 1 amide bonds. The van der Waals surface area contributed by atoms with E-state index < -0.39 is 0 Å². The number of aryl methyl sites for hydroxylation is 1. The number of carbonyl (C=O) groups is 1. The average Bonchev–Trinajstić information content (AvgIpc) is 3.13. The van der Waals surface area contributed by atoms with Crippen molar-refractivity contribution in [3.63, 3.8) is 0 Å². The smallest absolute Gasteiger partial charge is 0.263 e. The predicted molar refractivity (Wildman–Crippen MR) is 107 cm³/mol. The molecule has 0 atom stereocenters. The molecule has 0 unspecified atom stereocenters. The molecule has 0 saturated carbocycles. The largest absolute Gasteiger partial charge is 0.493 e. The first kappa shape index (κ1) is 19.6. The van der Waals surface area contributed by atoms with Crippen LogP contribution in [0.2, 0.25) is 0 Å². The fourth-order valence-electron chi connectivity index (χ4n) is 2.69. The number of methoxy groups -OCH3 is 3. The molecule has 28 heavy (non-hydrogen) atoms. The summed E-state index contributed by atoms with van der Waals surface area (Å²) in [6, 6.07) is 9.21. The minimum absolute atomic E-state index is 0.181. The summed E-state index contributed by atoms with van der Waals surface area (Å²) < 4.78 is 16.2. The van der Waals surface area contributed by atoms with Gasteiger partial charge in [0, 0.05) is 11.8 Å². The zero-order valence-electron chi connectivity index (χ0n) is 16.1. The molecule has 0 bridgehead atoms. The maximum Gasteiger partial charge on any atom is 0.263 e. The summed E-state index contributed by atoms with van der Waals surface area (Å²) in [7, 11) is 4.67. The van der Waals surface area contributed by atoms with Crippen LogP contribution in [-0.2, 0) is 6.54 Å². The van der Waals surface area contributed by atoms with Crippen LogP contribution in [0.15, 0.2) is 36.5 Å². The zero-order valence-corrected chi connectivity index (χ0v) is 16.9. The number of hydrogen-bond donors (Lipinski definition) is 1. The third-order valence-corrected chi connectivity index (χ3v) is 5.28. The lowest BCUT2D eigenvalue weighted by molar-refractivity contribution is 0.0953. The Bertz CT molecular complexity index is 948. The lowest BCUT2D eigenvalue weighted by Crippen LogP contribution is -2.23. The Labute approximate surface area is 167 Å². The van der Waals surface area contributed by atoms with Gasteiger partial charge in [-0.3, -0.25) is 9.78 Å². The molecule has 0 saturated heterocycles. The molecule has 1 N–H and O–H groups in total. The van der Waals surface area contributed by atoms with Gasteiger partial charge in [-0.2, -0.15) is 0 Å². The van der Waals surface area contributed by atoms with Gasteiger partial charge in [0.25, 0.3) is 5.91 Å². The number of pyridine rings is 1. The summed E-state index contributed by atoms with van der Waals surface area (Å²) in [5, 5.41) is 3.58. The Hall–Kier alpha value is -3.13. The Morgan fingerprint density at radius 2 is 1.82 bits per heavy atom. The van der Waals surface area contributed by atoms with Crippen LogP contribution in [0.4, 0.5) is 0 Å². The Morgan fingerprint density at radius 1 is 1.11 bits per heavy atom. The molecule has 146 valence electrons. The van der Waals surface area contributed by atoms with Crippen molar-refractivity contribution in [1.29, 1.82) is 0 Å². The van der Waals surface area contributed by atoms with Crippen LogP contribution >= 0.6 is 11.3 Å². The van der Waals surface area contributed by atoms with Crippen LogP contribution in [0.1, 0.15) is 21.1 Å². The molecule has 0 radical (unpaired) electrons. The maximum absolute atomic E-state index is 12.6. The van der Waals surface area contributed by atoms with Crippen LogP contribution < -0.4 is 19.5 Å². The van der Waals surface area contributed by atoms with Gasteiger partial charge in [-0.05, 0) is 31.2 Å². The third kappa shape index (κ3) is 4.07. The number of nitrogens with one attached hydrogen (secondary N) is 1. The van der Waals surface area contributed by atoms with Gasteiger partial charge in [-0.15, -0.1) is 11.3 Å². The SMILES string of the molecule is COc1cc(-c2nc(C)c(C(=O)NCc3ccccn3)s2)cc(OC)c1OC. The highest BCUT2D eigenvalue weighted by molar-refractivity contribution is 7.17. The van der Waals surface area contributed by atoms with Gasteiger partial charge in [0.05, 0.1) is 39.3 Å². The first-order valence-corrected chi connectivity index (χ1v) is 9.35. The van der Waals surface area contributed by atoms with Crippen LogP contribution in [0.3, 0.4) is 0 Å². The fourth-order valence-corrected chi connectivity index (χ4v) is 3.66. The van der Waals surface area contributed by atoms with Crippen LogP contribution in [0.25, 0.3) is 10.6 Å². The Balaban J connectivity index is 1.86. The molecular formula is C20H21N3O4S. The lowest BCUT2D eigenvalue weighted by atomic mass is 10.2. The Morgan fingerprint density at radius 3 is 2.39 bits per heavy atom. The van der Waals surface area contributed by atoms with E-state index in [4.69, 9.17) is 14.2 Å². The normalized spacial score (nSPS) is 10.4. The van der Waals surface area contributed by atoms with Gasteiger partial charge in [-0.25, -0.2) is 4.98 Å². The fraction of sp³-hybridized carbons (Fsp3) is 0.250. The van der Waals surface area contributed by atoms with Crippen molar-refractivity contribution in [3.8, 4) is 27.8 Å². The van der Waals surface area contributed by atoms with Crippen molar-refractivity contribution in [2.24, 2.45) is 0 Å². The lowest BCUT2D eigenvalue weighted by Gasteiger charge is -2.13. The maximum atomic E-state index is 12.6. The molecule has 0 spiro atoms. The van der Waals surface area contributed by atoms with Crippen molar-refractivity contribution in [3.05, 3.63) is 52.8 Å². The van der Waals surface area contributed by atoms with Gasteiger partial charge in [0.1, 0.15) is 9.88 Å². The van der Waals surface area contributed by atoms with Crippen molar-refractivity contribution >= 4 is 17.2 Å². The topological polar surface area (TPSA) is 82.6 Å². The number of ether oxygens (including phenoxy) is 3. The number of rotatable bonds is 7. The van der Waals surface area contributed by atoms with E-state index in [1.807, 2.05) is 37.3 Å². The highest BCUT2D eigenvalue weighted by Crippen LogP contribution is 2.42. The summed E-state index contributed by atoms with van der Waals surface area (Å²) in [6.45, 7) is 2.17. The van der Waals surface area contributed by atoms with E-state index in [0.717, 1.165) is 11.3 Å². The molecule has 2 heterocycles. The van der Waals surface area contributed by atoms with Gasteiger partial charge < -0.3 is 19.5 Å². The highest BCUT2D eigenvalue weighted by Gasteiger charge is 2.19. The molecule has 7 nitrogen and oxygen atoms in total. The predicted octanol–water partition coefficient (Wildman–Crippen LogP) is 3.47. The summed E-state index contributed by atoms with van der Waals surface area (Å²) >= 11 is 1.31. The van der Waals surface area contributed by atoms with E-state index >= 15 is 0 Å². The monoisotopic (exact) mass is 399 g/mol. The van der Waals surface area contributed by atoms with Crippen LogP contribution in [0.5, 0.6) is 17.2 Å². The summed E-state index contributed by atoms with van der Waals surface area (Å²) in [5.41, 5.74) is 2.24. The van der Waals surface area contributed by atoms with E-state index in [-0.39, 0.29) is 5.91 Å². The molecule has 0 aliphatic carbocycles. The molecule has 1 aromatic carbocycles. The number of nitrogens with zero attached hydrogens (tertiary/aromatic N) is 2. The van der Waals surface area contributed by atoms with Crippen molar-refractivity contribution in [2.45, 2.75) is 13.5 Å². The molecular weight excluding hydrogens is 378 g/mol. The quantitative estimate of drug-likeness (QED) is 0.655. The molecule has 0 aliphatic heterocycles. The molecule has 3 rings (SSSR count). The highest BCUT2D eigenvalue weighted by atomic mass is 32.1. The Kier molecular flexibility index (Phi) is 6.10. The molecule has 0 fully saturated rings.